The first-order valence-electron chi connectivity index (χ1n) is 7.71. The molecule has 0 saturated carbocycles. The van der Waals surface area contributed by atoms with Gasteiger partial charge in [-0.2, -0.15) is 0 Å². The molecule has 0 heterocycles. The lowest BCUT2D eigenvalue weighted by molar-refractivity contribution is -0.145. The third-order valence-corrected chi connectivity index (χ3v) is 2.87. The van der Waals surface area contributed by atoms with Crippen molar-refractivity contribution in [2.45, 2.75) is 71.8 Å². The van der Waals surface area contributed by atoms with Gasteiger partial charge in [0.2, 0.25) is 0 Å². The van der Waals surface area contributed by atoms with Crippen LogP contribution in [0.3, 0.4) is 0 Å². The summed E-state index contributed by atoms with van der Waals surface area (Å²) in [6.45, 7) is 6.45. The van der Waals surface area contributed by atoms with Crippen LogP contribution in [0.1, 0.15) is 65.7 Å². The lowest BCUT2D eigenvalue weighted by atomic mass is 10.1. The van der Waals surface area contributed by atoms with E-state index in [4.69, 9.17) is 9.47 Å². The van der Waals surface area contributed by atoms with Crippen molar-refractivity contribution in [1.29, 1.82) is 0 Å². The first-order valence-corrected chi connectivity index (χ1v) is 7.71. The van der Waals surface area contributed by atoms with Gasteiger partial charge in [0.15, 0.2) is 0 Å². The summed E-state index contributed by atoms with van der Waals surface area (Å²) in [5, 5.41) is 2.45. The SMILES string of the molecule is CCCCCCCCOC(=O)[C@H](C)NC(=O)OCCC. The second kappa shape index (κ2) is 12.8. The van der Waals surface area contributed by atoms with Crippen molar-refractivity contribution in [3.63, 3.8) is 0 Å². The molecule has 0 unspecified atom stereocenters. The van der Waals surface area contributed by atoms with Crippen molar-refractivity contribution in [1.82, 2.24) is 5.32 Å². The summed E-state index contributed by atoms with van der Waals surface area (Å²) in [5.41, 5.74) is 0. The molecule has 5 nitrogen and oxygen atoms in total. The van der Waals surface area contributed by atoms with Gasteiger partial charge < -0.3 is 14.8 Å². The maximum absolute atomic E-state index is 11.6. The average Bonchev–Trinajstić information content (AvgIpc) is 2.43. The van der Waals surface area contributed by atoms with E-state index in [1.165, 1.54) is 25.7 Å². The Balaban J connectivity index is 3.57. The fourth-order valence-corrected chi connectivity index (χ4v) is 1.65. The van der Waals surface area contributed by atoms with Gasteiger partial charge in [-0.3, -0.25) is 0 Å². The number of hydrogen-bond acceptors (Lipinski definition) is 4. The van der Waals surface area contributed by atoms with Crippen LogP contribution >= 0.6 is 0 Å². The fourth-order valence-electron chi connectivity index (χ4n) is 1.65. The summed E-state index contributed by atoms with van der Waals surface area (Å²) in [4.78, 5) is 22.8. The molecule has 0 aromatic rings. The highest BCUT2D eigenvalue weighted by atomic mass is 16.6. The minimum atomic E-state index is -0.667. The Bertz CT molecular complexity index is 269. The fraction of sp³-hybridized carbons (Fsp3) is 0.867. The number of alkyl carbamates (subject to hydrolysis) is 1. The Morgan fingerprint density at radius 1 is 0.900 bits per heavy atom. The molecule has 20 heavy (non-hydrogen) atoms. The Hall–Kier alpha value is -1.26. The Labute approximate surface area is 122 Å². The molecule has 0 aliphatic heterocycles. The van der Waals surface area contributed by atoms with Gasteiger partial charge in [0, 0.05) is 0 Å². The van der Waals surface area contributed by atoms with Crippen molar-refractivity contribution in [3.8, 4) is 0 Å². The molecular weight excluding hydrogens is 258 g/mol. The summed E-state index contributed by atoms with van der Waals surface area (Å²) >= 11 is 0. The molecule has 0 aliphatic carbocycles. The van der Waals surface area contributed by atoms with E-state index in [2.05, 4.69) is 12.2 Å². The maximum Gasteiger partial charge on any atom is 0.407 e. The van der Waals surface area contributed by atoms with Crippen molar-refractivity contribution < 1.29 is 19.1 Å². The van der Waals surface area contributed by atoms with Crippen LogP contribution < -0.4 is 5.32 Å². The normalized spacial score (nSPS) is 11.8. The topological polar surface area (TPSA) is 64.6 Å². The molecule has 1 N–H and O–H groups in total. The smallest absolute Gasteiger partial charge is 0.407 e. The maximum atomic E-state index is 11.6. The molecule has 0 aliphatic rings. The molecule has 0 fully saturated rings. The van der Waals surface area contributed by atoms with Crippen LogP contribution in [0.25, 0.3) is 0 Å². The lowest BCUT2D eigenvalue weighted by Gasteiger charge is -2.13. The van der Waals surface area contributed by atoms with Crippen molar-refractivity contribution in [3.05, 3.63) is 0 Å². The first-order chi connectivity index (χ1) is 9.61. The Morgan fingerprint density at radius 2 is 1.55 bits per heavy atom. The van der Waals surface area contributed by atoms with E-state index in [0.717, 1.165) is 19.3 Å². The number of esters is 1. The quantitative estimate of drug-likeness (QED) is 0.467. The third-order valence-electron chi connectivity index (χ3n) is 2.87. The van der Waals surface area contributed by atoms with Gasteiger partial charge in [-0.25, -0.2) is 9.59 Å². The number of rotatable bonds is 11. The van der Waals surface area contributed by atoms with E-state index in [-0.39, 0.29) is 0 Å². The van der Waals surface area contributed by atoms with Crippen LogP contribution in [0, 0.1) is 0 Å². The molecule has 0 radical (unpaired) electrons. The molecule has 0 rings (SSSR count). The minimum absolute atomic E-state index is 0.353. The highest BCUT2D eigenvalue weighted by Crippen LogP contribution is 2.05. The van der Waals surface area contributed by atoms with Crippen molar-refractivity contribution in [2.24, 2.45) is 0 Å². The summed E-state index contributed by atoms with van der Waals surface area (Å²) in [7, 11) is 0. The number of unbranched alkanes of at least 4 members (excludes halogenated alkanes) is 5. The summed E-state index contributed by atoms with van der Waals surface area (Å²) < 4.78 is 9.94. The van der Waals surface area contributed by atoms with Crippen LogP contribution in [-0.2, 0) is 14.3 Å². The number of amides is 1. The van der Waals surface area contributed by atoms with E-state index in [1.54, 1.807) is 6.92 Å². The van der Waals surface area contributed by atoms with E-state index in [0.29, 0.717) is 13.2 Å². The third kappa shape index (κ3) is 10.6. The van der Waals surface area contributed by atoms with Crippen molar-refractivity contribution >= 4 is 12.1 Å². The van der Waals surface area contributed by atoms with E-state index >= 15 is 0 Å². The second-order valence-corrected chi connectivity index (χ2v) is 4.94. The zero-order valence-electron chi connectivity index (χ0n) is 13.1. The number of nitrogens with one attached hydrogen (secondary N) is 1. The van der Waals surface area contributed by atoms with E-state index in [1.807, 2.05) is 6.92 Å². The van der Waals surface area contributed by atoms with Gasteiger partial charge in [-0.1, -0.05) is 46.0 Å². The van der Waals surface area contributed by atoms with Gasteiger partial charge in [-0.15, -0.1) is 0 Å². The first kappa shape index (κ1) is 18.7. The van der Waals surface area contributed by atoms with Gasteiger partial charge in [-0.05, 0) is 19.8 Å². The largest absolute Gasteiger partial charge is 0.464 e. The minimum Gasteiger partial charge on any atom is -0.464 e. The predicted octanol–water partition coefficient (Wildman–Crippen LogP) is 3.41. The molecule has 0 saturated heterocycles. The molecule has 1 amide bonds. The van der Waals surface area contributed by atoms with Crippen LogP contribution in [0.4, 0.5) is 4.79 Å². The van der Waals surface area contributed by atoms with Crippen LogP contribution in [-0.4, -0.2) is 31.3 Å². The standard InChI is InChI=1S/C15H29NO4/c1-4-6-7-8-9-10-12-19-14(17)13(3)16-15(18)20-11-5-2/h13H,4-12H2,1-3H3,(H,16,18)/t13-/m0/s1. The molecule has 5 heteroatoms. The van der Waals surface area contributed by atoms with Crippen molar-refractivity contribution in [2.75, 3.05) is 13.2 Å². The molecular formula is C15H29NO4. The highest BCUT2D eigenvalue weighted by molar-refractivity contribution is 5.80. The van der Waals surface area contributed by atoms with E-state index < -0.39 is 18.1 Å². The van der Waals surface area contributed by atoms with Crippen LogP contribution in [0.5, 0.6) is 0 Å². The lowest BCUT2D eigenvalue weighted by Crippen LogP contribution is -2.40. The number of hydrogen-bond donors (Lipinski definition) is 1. The molecule has 0 aromatic carbocycles. The number of carbonyl (C=O) groups is 2. The monoisotopic (exact) mass is 287 g/mol. The molecule has 0 aromatic heterocycles. The zero-order valence-corrected chi connectivity index (χ0v) is 13.1. The summed E-state index contributed by atoms with van der Waals surface area (Å²) in [6, 6.07) is -0.667. The molecule has 118 valence electrons. The zero-order chi connectivity index (χ0) is 15.2. The average molecular weight is 287 g/mol. The number of carbonyl (C=O) groups excluding carboxylic acids is 2. The molecule has 0 bridgehead atoms. The summed E-state index contributed by atoms with van der Waals surface area (Å²) in [6.07, 6.45) is 7.05. The highest BCUT2D eigenvalue weighted by Gasteiger charge is 2.17. The number of ether oxygens (including phenoxy) is 2. The molecule has 1 atom stereocenters. The van der Waals surface area contributed by atoms with Gasteiger partial charge in [0.05, 0.1) is 13.2 Å². The van der Waals surface area contributed by atoms with Gasteiger partial charge >= 0.3 is 12.1 Å². The molecule has 0 spiro atoms. The second-order valence-electron chi connectivity index (χ2n) is 4.94. The Kier molecular flexibility index (Phi) is 12.0. The van der Waals surface area contributed by atoms with Gasteiger partial charge in [0.1, 0.15) is 6.04 Å². The predicted molar refractivity (Wildman–Crippen MR) is 78.6 cm³/mol. The van der Waals surface area contributed by atoms with Crippen LogP contribution in [0.2, 0.25) is 0 Å². The Morgan fingerprint density at radius 3 is 2.20 bits per heavy atom. The van der Waals surface area contributed by atoms with E-state index in [9.17, 15) is 9.59 Å². The van der Waals surface area contributed by atoms with Gasteiger partial charge in [0.25, 0.3) is 0 Å². The summed E-state index contributed by atoms with van der Waals surface area (Å²) in [5.74, 6) is -0.410. The van der Waals surface area contributed by atoms with Crippen LogP contribution in [0.15, 0.2) is 0 Å².